The van der Waals surface area contributed by atoms with Crippen LogP contribution in [-0.2, 0) is 6.54 Å². The fraction of sp³-hybridized carbons (Fsp3) is 0.292. The smallest absolute Gasteiger partial charge is 0.256 e. The number of carbonyl (C=O) groups is 2. The Bertz CT molecular complexity index is 1350. The Hall–Kier alpha value is -4.25. The zero-order valence-electron chi connectivity index (χ0n) is 19.5. The number of hydrogen-bond acceptors (Lipinski definition) is 8. The van der Waals surface area contributed by atoms with Crippen LogP contribution in [0, 0.1) is 6.92 Å². The number of piperazine rings is 1. The molecule has 0 unspecified atom stereocenters. The number of aromatic amines is 1. The van der Waals surface area contributed by atoms with Crippen molar-refractivity contribution in [3.63, 3.8) is 0 Å². The van der Waals surface area contributed by atoms with Crippen LogP contribution in [0.3, 0.4) is 0 Å². The lowest BCUT2D eigenvalue weighted by Crippen LogP contribution is -2.44. The number of likely N-dealkylation sites (N-methyl/N-ethyl adjacent to an activating group) is 1. The van der Waals surface area contributed by atoms with Gasteiger partial charge in [-0.2, -0.15) is 10.1 Å². The van der Waals surface area contributed by atoms with Gasteiger partial charge in [-0.1, -0.05) is 5.16 Å². The van der Waals surface area contributed by atoms with E-state index in [0.717, 1.165) is 31.9 Å². The van der Waals surface area contributed by atoms with Gasteiger partial charge in [-0.15, -0.1) is 0 Å². The molecule has 180 valence electrons. The van der Waals surface area contributed by atoms with Gasteiger partial charge in [0.05, 0.1) is 12.1 Å². The van der Waals surface area contributed by atoms with E-state index in [9.17, 15) is 9.59 Å². The topological polar surface area (TPSA) is 132 Å². The molecule has 1 fully saturated rings. The minimum absolute atomic E-state index is 0.122. The summed E-state index contributed by atoms with van der Waals surface area (Å²) in [5.74, 6) is 0.608. The fourth-order valence-corrected chi connectivity index (χ4v) is 3.99. The predicted octanol–water partition coefficient (Wildman–Crippen LogP) is 2.19. The highest BCUT2D eigenvalue weighted by Crippen LogP contribution is 2.23. The molecule has 0 saturated carbocycles. The molecular formula is C24H26N8O3. The molecule has 1 aliphatic heterocycles. The van der Waals surface area contributed by atoms with Crippen molar-refractivity contribution in [3.8, 4) is 0 Å². The first-order valence-corrected chi connectivity index (χ1v) is 11.4. The Morgan fingerprint density at radius 3 is 2.49 bits per heavy atom. The molecule has 0 atom stereocenters. The van der Waals surface area contributed by atoms with Crippen molar-refractivity contribution in [3.05, 3.63) is 65.3 Å². The molecule has 35 heavy (non-hydrogen) atoms. The number of nitrogens with one attached hydrogen (secondary N) is 3. The van der Waals surface area contributed by atoms with Crippen LogP contribution in [0.1, 0.15) is 32.4 Å². The molecule has 2 amide bonds. The number of aryl methyl sites for hydroxylation is 1. The molecule has 3 N–H and O–H groups in total. The maximum absolute atomic E-state index is 12.9. The zero-order chi connectivity index (χ0) is 24.4. The van der Waals surface area contributed by atoms with Crippen molar-refractivity contribution < 1.29 is 14.1 Å². The average Bonchev–Trinajstić information content (AvgIpc) is 3.48. The zero-order valence-corrected chi connectivity index (χ0v) is 19.5. The number of nitrogens with zero attached hydrogens (tertiary/aromatic N) is 5. The van der Waals surface area contributed by atoms with Gasteiger partial charge in [0.15, 0.2) is 11.6 Å². The van der Waals surface area contributed by atoms with Gasteiger partial charge in [-0.05, 0) is 56.4 Å². The van der Waals surface area contributed by atoms with E-state index in [0.29, 0.717) is 39.6 Å². The molecule has 0 aliphatic carbocycles. The highest BCUT2D eigenvalue weighted by atomic mass is 16.5. The molecule has 3 heterocycles. The molecule has 1 aliphatic rings. The first kappa shape index (κ1) is 22.5. The van der Waals surface area contributed by atoms with Crippen LogP contribution in [0.5, 0.6) is 0 Å². The number of fused-ring (bicyclic) bond motifs is 1. The quantitative estimate of drug-likeness (QED) is 0.387. The number of benzene rings is 2. The number of amides is 2. The average molecular weight is 475 g/mol. The van der Waals surface area contributed by atoms with Gasteiger partial charge in [0.1, 0.15) is 0 Å². The lowest BCUT2D eigenvalue weighted by Gasteiger charge is -2.34. The summed E-state index contributed by atoms with van der Waals surface area (Å²) in [5.41, 5.74) is 2.76. The molecule has 1 saturated heterocycles. The summed E-state index contributed by atoms with van der Waals surface area (Å²) < 4.78 is 5.02. The van der Waals surface area contributed by atoms with E-state index in [4.69, 9.17) is 4.52 Å². The van der Waals surface area contributed by atoms with Gasteiger partial charge < -0.3 is 25.0 Å². The molecule has 5 rings (SSSR count). The largest absolute Gasteiger partial charge is 0.369 e. The summed E-state index contributed by atoms with van der Waals surface area (Å²) in [7, 11) is 2.12. The number of hydrogen-bond donors (Lipinski definition) is 3. The first-order chi connectivity index (χ1) is 17.0. The van der Waals surface area contributed by atoms with Crippen LogP contribution in [0.2, 0.25) is 0 Å². The molecule has 0 spiro atoms. The Kier molecular flexibility index (Phi) is 6.15. The van der Waals surface area contributed by atoms with Gasteiger partial charge in [-0.3, -0.25) is 14.7 Å². The van der Waals surface area contributed by atoms with Crippen LogP contribution >= 0.6 is 0 Å². The van der Waals surface area contributed by atoms with Gasteiger partial charge in [0.25, 0.3) is 11.8 Å². The Balaban J connectivity index is 1.26. The normalized spacial score (nSPS) is 14.3. The van der Waals surface area contributed by atoms with Crippen LogP contribution in [0.4, 0.5) is 11.5 Å². The first-order valence-electron chi connectivity index (χ1n) is 11.4. The standard InChI is InChI=1S/C24H26N8O3/c1-15-26-21(35-30-15)14-25-23(33)17-5-8-20-19(13-17)22(29-28-20)27-24(34)16-3-6-18(7-4-16)32-11-9-31(2)10-12-32/h3-8,13H,9-12,14H2,1-2H3,(H,25,33)(H2,27,28,29,34). The third kappa shape index (κ3) is 4.99. The third-order valence-corrected chi connectivity index (χ3v) is 6.02. The highest BCUT2D eigenvalue weighted by Gasteiger charge is 2.17. The monoisotopic (exact) mass is 474 g/mol. The predicted molar refractivity (Wildman–Crippen MR) is 130 cm³/mol. The van der Waals surface area contributed by atoms with Gasteiger partial charge in [-0.25, -0.2) is 0 Å². The molecule has 2 aromatic carbocycles. The summed E-state index contributed by atoms with van der Waals surface area (Å²) in [4.78, 5) is 34.2. The van der Waals surface area contributed by atoms with Crippen LogP contribution in [0.15, 0.2) is 47.0 Å². The van der Waals surface area contributed by atoms with Crippen LogP contribution in [0.25, 0.3) is 10.9 Å². The van der Waals surface area contributed by atoms with E-state index in [1.807, 2.05) is 24.3 Å². The summed E-state index contributed by atoms with van der Waals surface area (Å²) in [6.45, 7) is 5.80. The summed E-state index contributed by atoms with van der Waals surface area (Å²) >= 11 is 0. The molecule has 2 aromatic heterocycles. The molecule has 0 bridgehead atoms. The fourth-order valence-electron chi connectivity index (χ4n) is 3.99. The molecular weight excluding hydrogens is 448 g/mol. The van der Waals surface area contributed by atoms with Gasteiger partial charge in [0.2, 0.25) is 5.89 Å². The molecule has 4 aromatic rings. The maximum atomic E-state index is 12.9. The molecule has 11 nitrogen and oxygen atoms in total. The molecule has 11 heteroatoms. The number of rotatable bonds is 6. The SMILES string of the molecule is Cc1noc(CNC(=O)c2ccc3[nH]nc(NC(=O)c4ccc(N5CCN(C)CC5)cc4)c3c2)n1. The van der Waals surface area contributed by atoms with E-state index in [2.05, 4.69) is 47.8 Å². The molecule has 0 radical (unpaired) electrons. The number of H-pyrrole nitrogens is 1. The number of anilines is 2. The van der Waals surface area contributed by atoms with E-state index in [1.165, 1.54) is 0 Å². The summed E-state index contributed by atoms with van der Waals surface area (Å²) in [5, 5.41) is 17.0. The van der Waals surface area contributed by atoms with Crippen molar-refractivity contribution >= 4 is 34.2 Å². The second-order valence-corrected chi connectivity index (χ2v) is 8.54. The Morgan fingerprint density at radius 2 is 1.77 bits per heavy atom. The lowest BCUT2D eigenvalue weighted by atomic mass is 10.1. The number of aromatic nitrogens is 4. The van der Waals surface area contributed by atoms with E-state index in [1.54, 1.807) is 25.1 Å². The van der Waals surface area contributed by atoms with Crippen molar-refractivity contribution in [2.75, 3.05) is 43.4 Å². The van der Waals surface area contributed by atoms with E-state index in [-0.39, 0.29) is 18.4 Å². The Morgan fingerprint density at radius 1 is 1.03 bits per heavy atom. The van der Waals surface area contributed by atoms with Crippen molar-refractivity contribution in [2.45, 2.75) is 13.5 Å². The maximum Gasteiger partial charge on any atom is 0.256 e. The van der Waals surface area contributed by atoms with Gasteiger partial charge >= 0.3 is 0 Å². The van der Waals surface area contributed by atoms with Crippen molar-refractivity contribution in [1.29, 1.82) is 0 Å². The van der Waals surface area contributed by atoms with E-state index >= 15 is 0 Å². The highest BCUT2D eigenvalue weighted by molar-refractivity contribution is 6.09. The third-order valence-electron chi connectivity index (χ3n) is 6.02. The van der Waals surface area contributed by atoms with Crippen molar-refractivity contribution in [2.24, 2.45) is 0 Å². The van der Waals surface area contributed by atoms with E-state index < -0.39 is 0 Å². The Labute approximate surface area is 201 Å². The number of carbonyl (C=O) groups excluding carboxylic acids is 2. The second-order valence-electron chi connectivity index (χ2n) is 8.54. The minimum atomic E-state index is -0.305. The minimum Gasteiger partial charge on any atom is -0.369 e. The van der Waals surface area contributed by atoms with Crippen LogP contribution in [-0.4, -0.2) is 70.3 Å². The lowest BCUT2D eigenvalue weighted by molar-refractivity contribution is 0.0945. The van der Waals surface area contributed by atoms with Crippen molar-refractivity contribution in [1.82, 2.24) is 30.6 Å². The summed E-state index contributed by atoms with van der Waals surface area (Å²) in [6, 6.07) is 12.7. The van der Waals surface area contributed by atoms with Crippen LogP contribution < -0.4 is 15.5 Å². The second kappa shape index (κ2) is 9.55. The summed E-state index contributed by atoms with van der Waals surface area (Å²) in [6.07, 6.45) is 0. The van der Waals surface area contributed by atoms with Gasteiger partial charge in [0, 0.05) is 48.4 Å².